The average molecular weight is 425 g/mol. The lowest BCUT2D eigenvalue weighted by Crippen LogP contribution is -2.36. The van der Waals surface area contributed by atoms with Gasteiger partial charge in [0.2, 0.25) is 5.96 Å². The van der Waals surface area contributed by atoms with E-state index in [1.807, 2.05) is 25.1 Å². The Kier molecular flexibility index (Phi) is 6.89. The molecule has 2 heterocycles. The van der Waals surface area contributed by atoms with Crippen LogP contribution in [0.3, 0.4) is 0 Å². The van der Waals surface area contributed by atoms with Crippen LogP contribution in [-0.4, -0.2) is 50.9 Å². The summed E-state index contributed by atoms with van der Waals surface area (Å²) in [7, 11) is 0. The van der Waals surface area contributed by atoms with Crippen molar-refractivity contribution in [3.63, 3.8) is 0 Å². The van der Waals surface area contributed by atoms with Crippen molar-refractivity contribution in [2.24, 2.45) is 4.99 Å². The van der Waals surface area contributed by atoms with Crippen molar-refractivity contribution >= 4 is 17.6 Å². The molecule has 0 spiro atoms. The van der Waals surface area contributed by atoms with Crippen molar-refractivity contribution in [1.29, 1.82) is 0 Å². The van der Waals surface area contributed by atoms with Crippen LogP contribution in [-0.2, 0) is 4.74 Å². The summed E-state index contributed by atoms with van der Waals surface area (Å²) in [5.74, 6) is 2.17. The molecule has 2 aliphatic rings. The van der Waals surface area contributed by atoms with Gasteiger partial charge in [-0.05, 0) is 56.2 Å². The Morgan fingerprint density at radius 3 is 2.65 bits per heavy atom. The molecule has 164 valence electrons. The van der Waals surface area contributed by atoms with Crippen molar-refractivity contribution in [3.05, 3.63) is 48.0 Å². The number of hydrogen-bond donors (Lipinski definition) is 2. The second-order valence-corrected chi connectivity index (χ2v) is 7.22. The molecule has 1 atom stereocenters. The maximum Gasteiger partial charge on any atom is 0.257 e. The van der Waals surface area contributed by atoms with Crippen LogP contribution < -0.4 is 24.8 Å². The first kappa shape index (κ1) is 21.0. The van der Waals surface area contributed by atoms with E-state index in [0.717, 1.165) is 30.9 Å². The number of anilines is 1. The zero-order chi connectivity index (χ0) is 21.5. The Morgan fingerprint density at radius 2 is 1.90 bits per heavy atom. The number of amides is 1. The highest BCUT2D eigenvalue weighted by Gasteiger charge is 2.17. The van der Waals surface area contributed by atoms with Gasteiger partial charge >= 0.3 is 0 Å². The maximum atomic E-state index is 12.8. The molecule has 0 bridgehead atoms. The second-order valence-electron chi connectivity index (χ2n) is 7.22. The lowest BCUT2D eigenvalue weighted by atomic mass is 10.2. The fourth-order valence-corrected chi connectivity index (χ4v) is 3.40. The second kappa shape index (κ2) is 10.2. The van der Waals surface area contributed by atoms with Gasteiger partial charge in [0, 0.05) is 23.9 Å². The van der Waals surface area contributed by atoms with E-state index in [-0.39, 0.29) is 12.0 Å². The van der Waals surface area contributed by atoms with Crippen molar-refractivity contribution in [2.45, 2.75) is 25.9 Å². The lowest BCUT2D eigenvalue weighted by molar-refractivity contribution is 0.0975. The minimum atomic E-state index is -0.265. The summed E-state index contributed by atoms with van der Waals surface area (Å²) < 4.78 is 22.3. The van der Waals surface area contributed by atoms with Gasteiger partial charge in [-0.1, -0.05) is 0 Å². The topological polar surface area (TPSA) is 90.4 Å². The Hall–Kier alpha value is -3.26. The highest BCUT2D eigenvalue weighted by molar-refractivity contribution is 6.10. The Bertz CT molecular complexity index is 923. The van der Waals surface area contributed by atoms with E-state index in [0.29, 0.717) is 49.4 Å². The van der Waals surface area contributed by atoms with E-state index in [2.05, 4.69) is 15.6 Å². The van der Waals surface area contributed by atoms with Crippen LogP contribution >= 0.6 is 0 Å². The van der Waals surface area contributed by atoms with Crippen LogP contribution in [0.25, 0.3) is 0 Å². The zero-order valence-electron chi connectivity index (χ0n) is 17.6. The number of aliphatic imine (C=N–C) groups is 1. The van der Waals surface area contributed by atoms with Gasteiger partial charge in [-0.25, -0.2) is 4.99 Å². The van der Waals surface area contributed by atoms with Crippen LogP contribution in [0.2, 0.25) is 0 Å². The zero-order valence-corrected chi connectivity index (χ0v) is 17.6. The van der Waals surface area contributed by atoms with Gasteiger partial charge in [-0.15, -0.1) is 0 Å². The van der Waals surface area contributed by atoms with Crippen LogP contribution in [0.4, 0.5) is 5.69 Å². The first-order chi connectivity index (χ1) is 15.2. The first-order valence-electron chi connectivity index (χ1n) is 10.6. The van der Waals surface area contributed by atoms with Crippen molar-refractivity contribution in [3.8, 4) is 17.2 Å². The van der Waals surface area contributed by atoms with Gasteiger partial charge in [-0.3, -0.25) is 10.1 Å². The molecule has 1 fully saturated rings. The SMILES string of the molecule is CCOc1ccc(C(=O)NC(=NC[C@H]2CCCO2)Nc2ccc3c(c2)OCCO3)cc1. The van der Waals surface area contributed by atoms with Gasteiger partial charge in [0.15, 0.2) is 11.5 Å². The fourth-order valence-electron chi connectivity index (χ4n) is 3.40. The number of nitrogens with one attached hydrogen (secondary N) is 2. The molecule has 0 aromatic heterocycles. The van der Waals surface area contributed by atoms with Crippen molar-refractivity contribution in [2.75, 3.05) is 38.3 Å². The molecule has 2 aromatic carbocycles. The monoisotopic (exact) mass is 425 g/mol. The number of guanidine groups is 1. The van der Waals surface area contributed by atoms with E-state index >= 15 is 0 Å². The Balaban J connectivity index is 1.48. The largest absolute Gasteiger partial charge is 0.494 e. The van der Waals surface area contributed by atoms with Crippen LogP contribution in [0, 0.1) is 0 Å². The van der Waals surface area contributed by atoms with Gasteiger partial charge in [0.1, 0.15) is 19.0 Å². The summed E-state index contributed by atoms with van der Waals surface area (Å²) >= 11 is 0. The summed E-state index contributed by atoms with van der Waals surface area (Å²) in [4.78, 5) is 17.4. The quantitative estimate of drug-likeness (QED) is 0.546. The number of ether oxygens (including phenoxy) is 4. The number of hydrogen-bond acceptors (Lipinski definition) is 6. The minimum absolute atomic E-state index is 0.0689. The lowest BCUT2D eigenvalue weighted by Gasteiger charge is -2.19. The molecular weight excluding hydrogens is 398 g/mol. The number of rotatable bonds is 6. The average Bonchev–Trinajstić information content (AvgIpc) is 3.32. The third-order valence-electron chi connectivity index (χ3n) is 4.94. The summed E-state index contributed by atoms with van der Waals surface area (Å²) in [5, 5.41) is 6.06. The highest BCUT2D eigenvalue weighted by atomic mass is 16.6. The molecule has 0 unspecified atom stereocenters. The molecule has 2 aromatic rings. The molecule has 0 radical (unpaired) electrons. The summed E-state index contributed by atoms with van der Waals surface area (Å²) in [6, 6.07) is 12.5. The first-order valence-corrected chi connectivity index (χ1v) is 10.6. The van der Waals surface area contributed by atoms with E-state index in [4.69, 9.17) is 18.9 Å². The smallest absolute Gasteiger partial charge is 0.257 e. The van der Waals surface area contributed by atoms with Crippen LogP contribution in [0.15, 0.2) is 47.5 Å². The molecule has 0 saturated carbocycles. The van der Waals surface area contributed by atoms with E-state index in [9.17, 15) is 4.79 Å². The summed E-state index contributed by atoms with van der Waals surface area (Å²) in [6.07, 6.45) is 2.07. The standard InChI is InChI=1S/C23H27N3O5/c1-2-28-18-8-5-16(6-9-18)22(27)26-23(24-15-19-4-3-11-29-19)25-17-7-10-20-21(14-17)31-13-12-30-20/h5-10,14,19H,2-4,11-13,15H2,1H3,(H2,24,25,26,27)/t19-/m1/s1. The van der Waals surface area contributed by atoms with E-state index in [1.54, 1.807) is 24.3 Å². The number of nitrogens with zero attached hydrogens (tertiary/aromatic N) is 1. The molecule has 4 rings (SSSR count). The molecule has 8 heteroatoms. The molecule has 1 amide bonds. The molecule has 2 aliphatic heterocycles. The van der Waals surface area contributed by atoms with Crippen LogP contribution in [0.5, 0.6) is 17.2 Å². The fraction of sp³-hybridized carbons (Fsp3) is 0.391. The molecule has 31 heavy (non-hydrogen) atoms. The third-order valence-corrected chi connectivity index (χ3v) is 4.94. The molecule has 8 nitrogen and oxygen atoms in total. The minimum Gasteiger partial charge on any atom is -0.494 e. The maximum absolute atomic E-state index is 12.8. The Labute approximate surface area is 181 Å². The predicted molar refractivity (Wildman–Crippen MR) is 117 cm³/mol. The third kappa shape index (κ3) is 5.67. The van der Waals surface area contributed by atoms with Crippen LogP contribution in [0.1, 0.15) is 30.1 Å². The number of benzene rings is 2. The van der Waals surface area contributed by atoms with Gasteiger partial charge < -0.3 is 24.3 Å². The van der Waals surface area contributed by atoms with Gasteiger partial charge in [-0.2, -0.15) is 0 Å². The molecule has 0 aliphatic carbocycles. The van der Waals surface area contributed by atoms with Crippen molar-refractivity contribution < 1.29 is 23.7 Å². The molecular formula is C23H27N3O5. The summed E-state index contributed by atoms with van der Waals surface area (Å²) in [6.45, 7) is 4.75. The van der Waals surface area contributed by atoms with Crippen molar-refractivity contribution in [1.82, 2.24) is 5.32 Å². The molecule has 2 N–H and O–H groups in total. The van der Waals surface area contributed by atoms with E-state index < -0.39 is 0 Å². The highest BCUT2D eigenvalue weighted by Crippen LogP contribution is 2.32. The summed E-state index contributed by atoms with van der Waals surface area (Å²) in [5.41, 5.74) is 1.25. The number of fused-ring (bicyclic) bond motifs is 1. The predicted octanol–water partition coefficient (Wildman–Crippen LogP) is 3.23. The van der Waals surface area contributed by atoms with E-state index in [1.165, 1.54) is 0 Å². The Morgan fingerprint density at radius 1 is 1.10 bits per heavy atom. The number of carbonyl (C=O) groups is 1. The van der Waals surface area contributed by atoms with Gasteiger partial charge in [0.05, 0.1) is 19.3 Å². The van der Waals surface area contributed by atoms with Gasteiger partial charge in [0.25, 0.3) is 5.91 Å². The molecule has 1 saturated heterocycles. The number of carbonyl (C=O) groups excluding carboxylic acids is 1. The normalized spacial score (nSPS) is 17.8.